The average molecular weight is 270 g/mol. The van der Waals surface area contributed by atoms with Crippen molar-refractivity contribution in [2.45, 2.75) is 31.6 Å². The van der Waals surface area contributed by atoms with Crippen molar-refractivity contribution in [1.82, 2.24) is 0 Å². The third kappa shape index (κ3) is 1.98. The molecule has 2 unspecified atom stereocenters. The van der Waals surface area contributed by atoms with Gasteiger partial charge in [0.1, 0.15) is 18.5 Å². The second-order valence-corrected chi connectivity index (χ2v) is 5.96. The maximum Gasteiger partial charge on any atom is 0.347 e. The molecular weight excluding hydrogens is 246 g/mol. The molecule has 2 heteroatoms. The summed E-state index contributed by atoms with van der Waals surface area (Å²) in [5.74, 6) is 1.57. The van der Waals surface area contributed by atoms with Crippen molar-refractivity contribution in [3.8, 4) is 0 Å². The van der Waals surface area contributed by atoms with Gasteiger partial charge in [0.2, 0.25) is 0 Å². The Morgan fingerprint density at radius 1 is 1.25 bits per heavy atom. The van der Waals surface area contributed by atoms with Crippen LogP contribution in [0.2, 0.25) is 0 Å². The minimum Gasteiger partial charge on any atom is -0.447 e. The van der Waals surface area contributed by atoms with E-state index in [1.165, 1.54) is 24.3 Å². The van der Waals surface area contributed by atoms with Crippen LogP contribution >= 0.6 is 0 Å². The largest absolute Gasteiger partial charge is 0.447 e. The van der Waals surface area contributed by atoms with Crippen LogP contribution in [-0.2, 0) is 10.2 Å². The summed E-state index contributed by atoms with van der Waals surface area (Å²) in [6.07, 6.45) is 5.69. The summed E-state index contributed by atoms with van der Waals surface area (Å²) in [5, 5.41) is 0. The number of hydrogen-bond acceptors (Lipinski definition) is 1. The highest BCUT2D eigenvalue weighted by Gasteiger charge is 2.53. The van der Waals surface area contributed by atoms with E-state index in [0.29, 0.717) is 5.92 Å². The van der Waals surface area contributed by atoms with Crippen LogP contribution in [0.25, 0.3) is 0 Å². The number of allylic oxidation sites excluding steroid dienone is 1. The summed E-state index contributed by atoms with van der Waals surface area (Å²) < 4.78 is 8.58. The van der Waals surface area contributed by atoms with Gasteiger partial charge in [0.05, 0.1) is 6.61 Å². The second kappa shape index (κ2) is 5.43. The van der Waals surface area contributed by atoms with Crippen LogP contribution in [0.1, 0.15) is 31.7 Å². The molecule has 0 saturated carbocycles. The lowest BCUT2D eigenvalue weighted by atomic mass is 9.69. The van der Waals surface area contributed by atoms with Crippen LogP contribution < -0.4 is 0 Å². The third-order valence-electron chi connectivity index (χ3n) is 4.93. The summed E-state index contributed by atoms with van der Waals surface area (Å²) >= 11 is 0. The molecule has 2 heterocycles. The van der Waals surface area contributed by atoms with E-state index in [4.69, 9.17) is 4.74 Å². The van der Waals surface area contributed by atoms with Crippen LogP contribution in [0.15, 0.2) is 43.0 Å². The molecule has 0 N–H and O–H groups in total. The van der Waals surface area contributed by atoms with Gasteiger partial charge in [-0.1, -0.05) is 43.3 Å². The van der Waals surface area contributed by atoms with Crippen LogP contribution in [-0.4, -0.2) is 30.2 Å². The molecule has 2 fully saturated rings. The van der Waals surface area contributed by atoms with Gasteiger partial charge in [-0.2, -0.15) is 0 Å². The van der Waals surface area contributed by atoms with Crippen molar-refractivity contribution < 1.29 is 9.31 Å². The van der Waals surface area contributed by atoms with Gasteiger partial charge in [0, 0.05) is 19.3 Å². The molecule has 0 radical (unpaired) electrons. The fourth-order valence-corrected chi connectivity index (χ4v) is 3.73. The maximum atomic E-state index is 6.13. The quantitative estimate of drug-likeness (QED) is 0.606. The summed E-state index contributed by atoms with van der Waals surface area (Å²) in [5.41, 5.74) is 1.35. The van der Waals surface area contributed by atoms with Crippen molar-refractivity contribution in [1.29, 1.82) is 0 Å². The van der Waals surface area contributed by atoms with Gasteiger partial charge >= 0.3 is 5.90 Å². The number of rotatable bonds is 3. The van der Waals surface area contributed by atoms with Crippen molar-refractivity contribution in [3.63, 3.8) is 0 Å². The number of ether oxygens (including phenoxy) is 1. The molecule has 1 aromatic carbocycles. The number of benzene rings is 1. The maximum absolute atomic E-state index is 6.13. The first-order chi connectivity index (χ1) is 9.79. The molecule has 2 nitrogen and oxygen atoms in total. The summed E-state index contributed by atoms with van der Waals surface area (Å²) in [4.78, 5) is 0. The molecule has 2 saturated heterocycles. The van der Waals surface area contributed by atoms with Gasteiger partial charge in [-0.25, -0.2) is 4.58 Å². The molecule has 3 rings (SSSR count). The first kappa shape index (κ1) is 13.4. The highest BCUT2D eigenvalue weighted by Crippen LogP contribution is 2.42. The van der Waals surface area contributed by atoms with Gasteiger partial charge in [-0.15, -0.1) is 6.58 Å². The molecule has 0 aliphatic carbocycles. The predicted molar refractivity (Wildman–Crippen MR) is 82.3 cm³/mol. The van der Waals surface area contributed by atoms with E-state index in [2.05, 4.69) is 54.5 Å². The van der Waals surface area contributed by atoms with Gasteiger partial charge in [-0.05, 0) is 11.5 Å². The molecule has 0 bridgehead atoms. The molecule has 2 aliphatic heterocycles. The highest BCUT2D eigenvalue weighted by atomic mass is 16.5. The van der Waals surface area contributed by atoms with Crippen molar-refractivity contribution in [2.75, 3.05) is 19.7 Å². The Morgan fingerprint density at radius 3 is 2.60 bits per heavy atom. The summed E-state index contributed by atoms with van der Waals surface area (Å²) in [6.45, 7) is 9.40. The molecule has 106 valence electrons. The van der Waals surface area contributed by atoms with Crippen molar-refractivity contribution in [3.05, 3.63) is 48.6 Å². The van der Waals surface area contributed by atoms with Gasteiger partial charge in [-0.3, -0.25) is 0 Å². The Bertz CT molecular complexity index is 511. The fourth-order valence-electron chi connectivity index (χ4n) is 3.73. The first-order valence-electron chi connectivity index (χ1n) is 7.72. The van der Waals surface area contributed by atoms with E-state index in [1.807, 2.05) is 0 Å². The Hall–Kier alpha value is -1.57. The molecule has 2 atom stereocenters. The minimum absolute atomic E-state index is 0.0205. The van der Waals surface area contributed by atoms with Crippen LogP contribution in [0.5, 0.6) is 0 Å². The van der Waals surface area contributed by atoms with Gasteiger partial charge in [0.25, 0.3) is 0 Å². The summed E-state index contributed by atoms with van der Waals surface area (Å²) in [7, 11) is 0. The molecule has 1 aromatic rings. The third-order valence-corrected chi connectivity index (χ3v) is 4.93. The lowest BCUT2D eigenvalue weighted by Crippen LogP contribution is -2.42. The van der Waals surface area contributed by atoms with Crippen LogP contribution in [0, 0.1) is 5.92 Å². The monoisotopic (exact) mass is 270 g/mol. The van der Waals surface area contributed by atoms with E-state index in [0.717, 1.165) is 26.1 Å². The highest BCUT2D eigenvalue weighted by molar-refractivity contribution is 5.86. The van der Waals surface area contributed by atoms with Crippen molar-refractivity contribution >= 4 is 5.90 Å². The molecule has 0 spiro atoms. The molecule has 0 aromatic heterocycles. The Balaban J connectivity index is 2.15. The SMILES string of the molecule is C=CC(C)C1(c2ccccc2)CCOC1=[N+]1CCCC1. The predicted octanol–water partition coefficient (Wildman–Crippen LogP) is 3.37. The van der Waals surface area contributed by atoms with E-state index >= 15 is 0 Å². The lowest BCUT2D eigenvalue weighted by Gasteiger charge is -2.30. The van der Waals surface area contributed by atoms with Crippen LogP contribution in [0.4, 0.5) is 0 Å². The van der Waals surface area contributed by atoms with Crippen molar-refractivity contribution in [2.24, 2.45) is 5.92 Å². The zero-order valence-corrected chi connectivity index (χ0v) is 12.3. The zero-order chi connectivity index (χ0) is 14.0. The molecule has 20 heavy (non-hydrogen) atoms. The van der Waals surface area contributed by atoms with Gasteiger partial charge < -0.3 is 4.74 Å². The number of nitrogens with zero attached hydrogens (tertiary/aromatic N) is 1. The molecular formula is C18H24NO+. The Labute approximate surface area is 121 Å². The fraction of sp³-hybridized carbons (Fsp3) is 0.500. The van der Waals surface area contributed by atoms with E-state index in [1.54, 1.807) is 0 Å². The van der Waals surface area contributed by atoms with Crippen LogP contribution in [0.3, 0.4) is 0 Å². The number of hydrogen-bond donors (Lipinski definition) is 0. The van der Waals surface area contributed by atoms with E-state index in [9.17, 15) is 0 Å². The van der Waals surface area contributed by atoms with E-state index in [-0.39, 0.29) is 5.41 Å². The Morgan fingerprint density at radius 2 is 1.95 bits per heavy atom. The zero-order valence-electron chi connectivity index (χ0n) is 12.3. The second-order valence-electron chi connectivity index (χ2n) is 5.96. The Kier molecular flexibility index (Phi) is 3.64. The standard InChI is InChI=1S/C18H24NO/c1-3-15(2)18(16-9-5-4-6-10-16)11-14-20-17(18)19-12-7-8-13-19/h3-6,9-10,15H,1,7-8,11-14H2,2H3/q+1. The normalized spacial score (nSPS) is 27.4. The topological polar surface area (TPSA) is 12.2 Å². The summed E-state index contributed by atoms with van der Waals surface area (Å²) in [6, 6.07) is 10.8. The lowest BCUT2D eigenvalue weighted by molar-refractivity contribution is -0.517. The van der Waals surface area contributed by atoms with Gasteiger partial charge in [0.15, 0.2) is 0 Å². The average Bonchev–Trinajstić information content (AvgIpc) is 3.16. The molecule has 2 aliphatic rings. The first-order valence-corrected chi connectivity index (χ1v) is 7.72. The minimum atomic E-state index is -0.0205. The molecule has 0 amide bonds. The van der Waals surface area contributed by atoms with E-state index < -0.39 is 0 Å². The smallest absolute Gasteiger partial charge is 0.347 e.